The molecule has 0 radical (unpaired) electrons. The van der Waals surface area contributed by atoms with Crippen molar-refractivity contribution in [3.05, 3.63) is 12.2 Å². The van der Waals surface area contributed by atoms with Crippen LogP contribution in [-0.4, -0.2) is 49.3 Å². The fourth-order valence-electron chi connectivity index (χ4n) is 5.28. The van der Waals surface area contributed by atoms with Gasteiger partial charge in [0.2, 0.25) is 0 Å². The summed E-state index contributed by atoms with van der Waals surface area (Å²) in [7, 11) is -4.36. The third-order valence-electron chi connectivity index (χ3n) is 8.15. The minimum Gasteiger partial charge on any atom is -0.462 e. The molecule has 0 aromatic heterocycles. The Kier molecular flexibility index (Phi) is 33.7. The van der Waals surface area contributed by atoms with Crippen molar-refractivity contribution in [2.24, 2.45) is 5.73 Å². The first kappa shape index (κ1) is 45.8. The zero-order valence-corrected chi connectivity index (χ0v) is 31.2. The third-order valence-corrected chi connectivity index (χ3v) is 9.14. The Morgan fingerprint density at radius 1 is 0.617 bits per heavy atom. The summed E-state index contributed by atoms with van der Waals surface area (Å²) in [6.07, 6.45) is 32.4. The van der Waals surface area contributed by atoms with Gasteiger partial charge in [0, 0.05) is 19.4 Å². The highest BCUT2D eigenvalue weighted by atomic mass is 31.2. The number of hydrogen-bond acceptors (Lipinski definition) is 8. The van der Waals surface area contributed by atoms with Crippen LogP contribution in [0.4, 0.5) is 0 Å². The predicted molar refractivity (Wildman–Crippen MR) is 192 cm³/mol. The van der Waals surface area contributed by atoms with Crippen LogP contribution in [0.5, 0.6) is 0 Å². The monoisotopic (exact) mass is 689 g/mol. The molecule has 0 saturated heterocycles. The average molecular weight is 690 g/mol. The minimum absolute atomic E-state index is 0.0549. The fourth-order valence-corrected chi connectivity index (χ4v) is 6.04. The highest BCUT2D eigenvalue weighted by Gasteiger charge is 2.25. The average Bonchev–Trinajstić information content (AvgIpc) is 3.05. The van der Waals surface area contributed by atoms with Gasteiger partial charge in [-0.2, -0.15) is 0 Å². The van der Waals surface area contributed by atoms with Crippen LogP contribution in [0.3, 0.4) is 0 Å². The van der Waals surface area contributed by atoms with Crippen molar-refractivity contribution in [2.75, 3.05) is 26.4 Å². The molecule has 0 saturated carbocycles. The molecule has 9 nitrogen and oxygen atoms in total. The number of allylic oxidation sites excluding steroid dienone is 2. The summed E-state index contributed by atoms with van der Waals surface area (Å²) in [5.41, 5.74) is 5.33. The van der Waals surface area contributed by atoms with Gasteiger partial charge in [-0.25, -0.2) is 4.57 Å². The van der Waals surface area contributed by atoms with Crippen LogP contribution < -0.4 is 5.73 Å². The van der Waals surface area contributed by atoms with Crippen LogP contribution in [0.25, 0.3) is 0 Å². The molecule has 0 heterocycles. The van der Waals surface area contributed by atoms with Crippen LogP contribution >= 0.6 is 7.82 Å². The van der Waals surface area contributed by atoms with Crippen LogP contribution in [0, 0.1) is 0 Å². The number of rotatable bonds is 36. The number of carbonyl (C=O) groups excluding carboxylic acids is 2. The molecule has 0 rings (SSSR count). The molecular formula is C37H72NO8P. The van der Waals surface area contributed by atoms with Crippen LogP contribution in [-0.2, 0) is 32.7 Å². The van der Waals surface area contributed by atoms with Crippen molar-refractivity contribution < 1.29 is 37.6 Å². The quantitative estimate of drug-likeness (QED) is 0.0285. The second-order valence-corrected chi connectivity index (χ2v) is 14.3. The predicted octanol–water partition coefficient (Wildman–Crippen LogP) is 10.3. The van der Waals surface area contributed by atoms with Crippen molar-refractivity contribution in [2.45, 2.75) is 187 Å². The second-order valence-electron chi connectivity index (χ2n) is 12.8. The lowest BCUT2D eigenvalue weighted by Gasteiger charge is -2.19. The second kappa shape index (κ2) is 34.6. The molecule has 10 heteroatoms. The minimum atomic E-state index is -4.36. The largest absolute Gasteiger partial charge is 0.472 e. The molecule has 2 atom stereocenters. The number of nitrogens with two attached hydrogens (primary N) is 1. The summed E-state index contributed by atoms with van der Waals surface area (Å²) in [5, 5.41) is 0. The van der Waals surface area contributed by atoms with Gasteiger partial charge in [-0.05, 0) is 38.5 Å². The summed E-state index contributed by atoms with van der Waals surface area (Å²) in [4.78, 5) is 34.7. The Labute approximate surface area is 288 Å². The molecular weight excluding hydrogens is 617 g/mol. The lowest BCUT2D eigenvalue weighted by atomic mass is 10.0. The Hall–Kier alpha value is -1.25. The van der Waals surface area contributed by atoms with Gasteiger partial charge in [-0.1, -0.05) is 142 Å². The van der Waals surface area contributed by atoms with Crippen LogP contribution in [0.15, 0.2) is 12.2 Å². The molecule has 0 amide bonds. The number of hydrogen-bond donors (Lipinski definition) is 2. The molecule has 3 N–H and O–H groups in total. The van der Waals surface area contributed by atoms with Crippen molar-refractivity contribution in [3.63, 3.8) is 0 Å². The van der Waals surface area contributed by atoms with E-state index in [1.807, 2.05) is 0 Å². The van der Waals surface area contributed by atoms with E-state index in [-0.39, 0.29) is 38.6 Å². The first-order valence-electron chi connectivity index (χ1n) is 19.2. The van der Waals surface area contributed by atoms with E-state index in [1.54, 1.807) is 0 Å². The van der Waals surface area contributed by atoms with Crippen molar-refractivity contribution in [1.82, 2.24) is 0 Å². The van der Waals surface area contributed by atoms with Gasteiger partial charge in [0.05, 0.1) is 13.2 Å². The molecule has 0 aromatic rings. The first-order valence-corrected chi connectivity index (χ1v) is 20.7. The molecule has 0 spiro atoms. The molecule has 278 valence electrons. The number of unbranched alkanes of at least 4 members (excludes halogenated alkanes) is 21. The van der Waals surface area contributed by atoms with E-state index < -0.39 is 26.5 Å². The lowest BCUT2D eigenvalue weighted by molar-refractivity contribution is -0.161. The van der Waals surface area contributed by atoms with E-state index in [2.05, 4.69) is 26.0 Å². The van der Waals surface area contributed by atoms with Gasteiger partial charge in [-0.15, -0.1) is 0 Å². The Morgan fingerprint density at radius 2 is 1.04 bits per heavy atom. The first-order chi connectivity index (χ1) is 22.8. The van der Waals surface area contributed by atoms with E-state index in [1.165, 1.54) is 96.3 Å². The Morgan fingerprint density at radius 3 is 1.55 bits per heavy atom. The SMILES string of the molecule is CCCCC/C=C/CCCCCCCC(=O)OC[C@H](COP(=O)(O)OCCN)OC(=O)CCCCCCCCCCCCCCCC. The van der Waals surface area contributed by atoms with E-state index in [4.69, 9.17) is 24.3 Å². The summed E-state index contributed by atoms with van der Waals surface area (Å²) >= 11 is 0. The maximum absolute atomic E-state index is 12.5. The van der Waals surface area contributed by atoms with E-state index in [0.29, 0.717) is 6.42 Å². The normalized spacial score (nSPS) is 13.5. The standard InChI is InChI=1S/C37H72NO8P/c1-3-5-7-9-11-13-15-17-18-20-22-24-26-28-30-37(40)46-35(34-45-47(41,42)44-32-31-38)33-43-36(39)29-27-25-23-21-19-16-14-12-10-8-6-4-2/h12,14,35H,3-11,13,15-34,38H2,1-2H3,(H,41,42)/b14-12+/t35-/m1/s1. The van der Waals surface area contributed by atoms with Gasteiger partial charge in [-0.3, -0.25) is 18.6 Å². The summed E-state index contributed by atoms with van der Waals surface area (Å²) < 4.78 is 32.6. The van der Waals surface area contributed by atoms with Gasteiger partial charge in [0.25, 0.3) is 0 Å². The van der Waals surface area contributed by atoms with E-state index >= 15 is 0 Å². The highest BCUT2D eigenvalue weighted by molar-refractivity contribution is 7.47. The number of esters is 2. The van der Waals surface area contributed by atoms with Gasteiger partial charge in [0.1, 0.15) is 6.61 Å². The van der Waals surface area contributed by atoms with Gasteiger partial charge >= 0.3 is 19.8 Å². The van der Waals surface area contributed by atoms with E-state index in [9.17, 15) is 19.0 Å². The summed E-state index contributed by atoms with van der Waals surface area (Å²) in [6.45, 7) is 3.70. The maximum atomic E-state index is 12.5. The zero-order valence-electron chi connectivity index (χ0n) is 30.3. The molecule has 0 aliphatic carbocycles. The Balaban J connectivity index is 4.21. The Bertz CT molecular complexity index is 794. The molecule has 1 unspecified atom stereocenters. The third kappa shape index (κ3) is 34.4. The van der Waals surface area contributed by atoms with Crippen molar-refractivity contribution in [3.8, 4) is 0 Å². The topological polar surface area (TPSA) is 134 Å². The maximum Gasteiger partial charge on any atom is 0.472 e. The molecule has 0 aliphatic heterocycles. The molecule has 47 heavy (non-hydrogen) atoms. The molecule has 0 aromatic carbocycles. The molecule has 0 aliphatic rings. The van der Waals surface area contributed by atoms with Gasteiger partial charge < -0.3 is 20.1 Å². The fraction of sp³-hybridized carbons (Fsp3) is 0.892. The number of ether oxygens (including phenoxy) is 2. The molecule has 0 fully saturated rings. The van der Waals surface area contributed by atoms with Crippen LogP contribution in [0.2, 0.25) is 0 Å². The van der Waals surface area contributed by atoms with Crippen molar-refractivity contribution in [1.29, 1.82) is 0 Å². The number of carbonyl (C=O) groups is 2. The zero-order chi connectivity index (χ0) is 34.7. The smallest absolute Gasteiger partial charge is 0.462 e. The number of phosphoric acid groups is 1. The highest BCUT2D eigenvalue weighted by Crippen LogP contribution is 2.43. The van der Waals surface area contributed by atoms with Gasteiger partial charge in [0.15, 0.2) is 6.10 Å². The van der Waals surface area contributed by atoms with Crippen molar-refractivity contribution >= 4 is 19.8 Å². The lowest BCUT2D eigenvalue weighted by Crippen LogP contribution is -2.29. The number of phosphoric ester groups is 1. The summed E-state index contributed by atoms with van der Waals surface area (Å²) in [5.74, 6) is -0.834. The van der Waals surface area contributed by atoms with Crippen LogP contribution in [0.1, 0.15) is 181 Å². The van der Waals surface area contributed by atoms with E-state index in [0.717, 1.165) is 51.4 Å². The summed E-state index contributed by atoms with van der Waals surface area (Å²) in [6, 6.07) is 0. The molecule has 0 bridgehead atoms.